The van der Waals surface area contributed by atoms with E-state index in [4.69, 9.17) is 9.47 Å². The Kier molecular flexibility index (Phi) is 9.57. The number of hydrogen-bond donors (Lipinski definition) is 4. The van der Waals surface area contributed by atoms with E-state index in [1.807, 2.05) is 19.9 Å². The number of benzene rings is 1. The van der Waals surface area contributed by atoms with E-state index in [2.05, 4.69) is 39.8 Å². The average molecular weight is 425 g/mol. The summed E-state index contributed by atoms with van der Waals surface area (Å²) in [6.45, 7) is 18.8. The first-order chi connectivity index (χ1) is 14.0. The third-order valence-corrected chi connectivity index (χ3v) is 5.71. The van der Waals surface area contributed by atoms with Crippen LogP contribution >= 0.6 is 0 Å². The van der Waals surface area contributed by atoms with Crippen molar-refractivity contribution in [2.75, 3.05) is 52.5 Å². The molecule has 30 heavy (non-hydrogen) atoms. The topological polar surface area (TPSA) is 67.8 Å². The highest BCUT2D eigenvalue weighted by atomic mass is 16.5. The van der Waals surface area contributed by atoms with Crippen molar-refractivity contribution in [1.82, 2.24) is 0 Å². The van der Waals surface area contributed by atoms with Gasteiger partial charge in [-0.05, 0) is 37.8 Å². The molecule has 1 heterocycles. The largest absolute Gasteiger partial charge is 0.490 e. The van der Waals surface area contributed by atoms with Crippen LogP contribution in [0.15, 0.2) is 18.2 Å². The van der Waals surface area contributed by atoms with Gasteiger partial charge in [0.15, 0.2) is 0 Å². The van der Waals surface area contributed by atoms with Crippen molar-refractivity contribution < 1.29 is 29.5 Å². The zero-order valence-corrected chi connectivity index (χ0v) is 19.8. The lowest BCUT2D eigenvalue weighted by Gasteiger charge is -2.32. The van der Waals surface area contributed by atoms with Gasteiger partial charge in [0.05, 0.1) is 12.7 Å². The fourth-order valence-electron chi connectivity index (χ4n) is 3.99. The Balaban J connectivity index is 1.74. The molecule has 1 fully saturated rings. The molecule has 6 heteroatoms. The molecule has 0 bridgehead atoms. The lowest BCUT2D eigenvalue weighted by atomic mass is 9.85. The van der Waals surface area contributed by atoms with E-state index in [9.17, 15) is 10.2 Å². The molecule has 2 rings (SSSR count). The lowest BCUT2D eigenvalue weighted by molar-refractivity contribution is -1.01. The molecule has 6 nitrogen and oxygen atoms in total. The average Bonchev–Trinajstić information content (AvgIpc) is 2.66. The van der Waals surface area contributed by atoms with Gasteiger partial charge in [-0.3, -0.25) is 0 Å². The SMILES string of the molecule is Cc1ccc(OC[C@H](O)C[NH+]2CC[NH+](C[C@H](O)COC(C)C)CC2)c(C(C)(C)C)c1. The molecule has 0 amide bonds. The summed E-state index contributed by atoms with van der Waals surface area (Å²) in [5, 5.41) is 20.7. The fourth-order valence-corrected chi connectivity index (χ4v) is 3.99. The Morgan fingerprint density at radius 1 is 0.933 bits per heavy atom. The van der Waals surface area contributed by atoms with Crippen LogP contribution in [0.25, 0.3) is 0 Å². The van der Waals surface area contributed by atoms with E-state index in [-0.39, 0.29) is 11.5 Å². The van der Waals surface area contributed by atoms with Crippen molar-refractivity contribution in [3.8, 4) is 5.75 Å². The second kappa shape index (κ2) is 11.4. The van der Waals surface area contributed by atoms with Crippen molar-refractivity contribution in [1.29, 1.82) is 0 Å². The third-order valence-electron chi connectivity index (χ3n) is 5.71. The molecule has 1 aromatic rings. The Hall–Kier alpha value is -1.18. The molecule has 1 saturated heterocycles. The minimum Gasteiger partial charge on any atom is -0.490 e. The number of ether oxygens (including phenoxy) is 2. The van der Waals surface area contributed by atoms with Crippen LogP contribution in [0.3, 0.4) is 0 Å². The molecular weight excluding hydrogens is 380 g/mol. The van der Waals surface area contributed by atoms with E-state index in [0.717, 1.165) is 38.5 Å². The van der Waals surface area contributed by atoms with Gasteiger partial charge in [0.1, 0.15) is 63.8 Å². The van der Waals surface area contributed by atoms with Crippen LogP contribution in [0.4, 0.5) is 0 Å². The van der Waals surface area contributed by atoms with Gasteiger partial charge < -0.3 is 29.5 Å². The van der Waals surface area contributed by atoms with Gasteiger partial charge >= 0.3 is 0 Å². The van der Waals surface area contributed by atoms with Gasteiger partial charge in [0, 0.05) is 0 Å². The predicted octanol–water partition coefficient (Wildman–Crippen LogP) is -0.398. The predicted molar refractivity (Wildman–Crippen MR) is 120 cm³/mol. The fraction of sp³-hybridized carbons (Fsp3) is 0.750. The van der Waals surface area contributed by atoms with Crippen molar-refractivity contribution in [2.24, 2.45) is 0 Å². The smallest absolute Gasteiger partial charge is 0.137 e. The Morgan fingerprint density at radius 3 is 1.97 bits per heavy atom. The number of aryl methyl sites for hydroxylation is 1. The van der Waals surface area contributed by atoms with E-state index < -0.39 is 12.2 Å². The highest BCUT2D eigenvalue weighted by molar-refractivity contribution is 5.41. The monoisotopic (exact) mass is 424 g/mol. The summed E-state index contributed by atoms with van der Waals surface area (Å²) < 4.78 is 11.5. The van der Waals surface area contributed by atoms with Gasteiger partial charge in [0.2, 0.25) is 0 Å². The Bertz CT molecular complexity index is 637. The number of piperazine rings is 1. The van der Waals surface area contributed by atoms with E-state index in [0.29, 0.717) is 19.8 Å². The Morgan fingerprint density at radius 2 is 1.47 bits per heavy atom. The highest BCUT2D eigenvalue weighted by Gasteiger charge is 2.27. The molecular formula is C24H44N2O4+2. The summed E-state index contributed by atoms with van der Waals surface area (Å²) in [4.78, 5) is 2.82. The summed E-state index contributed by atoms with van der Waals surface area (Å²) in [7, 11) is 0. The molecule has 0 saturated carbocycles. The molecule has 1 aromatic carbocycles. The van der Waals surface area contributed by atoms with Crippen LogP contribution in [0.2, 0.25) is 0 Å². The number of nitrogens with one attached hydrogen (secondary N) is 2. The van der Waals surface area contributed by atoms with Gasteiger partial charge in [-0.1, -0.05) is 38.5 Å². The van der Waals surface area contributed by atoms with Crippen molar-refractivity contribution in [3.63, 3.8) is 0 Å². The second-order valence-electron chi connectivity index (χ2n) is 10.2. The van der Waals surface area contributed by atoms with E-state index >= 15 is 0 Å². The number of quaternary nitrogens is 2. The molecule has 1 aliphatic rings. The van der Waals surface area contributed by atoms with Crippen molar-refractivity contribution >= 4 is 0 Å². The van der Waals surface area contributed by atoms with Crippen LogP contribution < -0.4 is 14.5 Å². The minimum absolute atomic E-state index is 0.00142. The van der Waals surface area contributed by atoms with E-state index in [1.165, 1.54) is 20.9 Å². The summed E-state index contributed by atoms with van der Waals surface area (Å²) in [5.41, 5.74) is 2.40. The van der Waals surface area contributed by atoms with Gasteiger partial charge in [0.25, 0.3) is 0 Å². The highest BCUT2D eigenvalue weighted by Crippen LogP contribution is 2.32. The van der Waals surface area contributed by atoms with Crippen LogP contribution in [0, 0.1) is 6.92 Å². The summed E-state index contributed by atoms with van der Waals surface area (Å²) >= 11 is 0. The zero-order valence-electron chi connectivity index (χ0n) is 19.8. The molecule has 0 aromatic heterocycles. The molecule has 172 valence electrons. The lowest BCUT2D eigenvalue weighted by Crippen LogP contribution is -3.29. The first kappa shape index (κ1) is 25.1. The summed E-state index contributed by atoms with van der Waals surface area (Å²) in [6.07, 6.45) is -0.741. The number of aliphatic hydroxyl groups excluding tert-OH is 2. The molecule has 0 unspecified atom stereocenters. The number of hydrogen-bond acceptors (Lipinski definition) is 4. The minimum atomic E-state index is -0.485. The molecule has 1 aliphatic heterocycles. The molecule has 0 aliphatic carbocycles. The second-order valence-corrected chi connectivity index (χ2v) is 10.2. The first-order valence-corrected chi connectivity index (χ1v) is 11.4. The van der Waals surface area contributed by atoms with Crippen LogP contribution in [0.5, 0.6) is 5.75 Å². The first-order valence-electron chi connectivity index (χ1n) is 11.4. The molecule has 0 radical (unpaired) electrons. The van der Waals surface area contributed by atoms with Gasteiger partial charge in [-0.2, -0.15) is 0 Å². The van der Waals surface area contributed by atoms with Crippen LogP contribution in [-0.4, -0.2) is 81.0 Å². The maximum Gasteiger partial charge on any atom is 0.137 e. The quantitative estimate of drug-likeness (QED) is 0.413. The molecule has 0 spiro atoms. The Labute approximate surface area is 182 Å². The number of aliphatic hydroxyl groups is 2. The van der Waals surface area contributed by atoms with Gasteiger partial charge in [-0.25, -0.2) is 0 Å². The van der Waals surface area contributed by atoms with Crippen LogP contribution in [0.1, 0.15) is 45.7 Å². The summed E-state index contributed by atoms with van der Waals surface area (Å²) in [6, 6.07) is 6.26. The molecule has 4 N–H and O–H groups in total. The van der Waals surface area contributed by atoms with Crippen LogP contribution in [-0.2, 0) is 10.2 Å². The van der Waals surface area contributed by atoms with Gasteiger partial charge in [-0.15, -0.1) is 0 Å². The maximum absolute atomic E-state index is 10.5. The molecule has 2 atom stereocenters. The van der Waals surface area contributed by atoms with E-state index in [1.54, 1.807) is 0 Å². The standard InChI is InChI=1S/C24H42N2O4/c1-18(2)29-16-20(27)14-25-9-11-26(12-10-25)15-21(28)17-30-23-8-7-19(3)13-22(23)24(4,5)6/h7-8,13,18,20-21,27-28H,9-12,14-17H2,1-6H3/p+2/t20-,21+/m0/s1. The number of rotatable bonds is 10. The normalized spacial score (nSPS) is 22.2. The zero-order chi connectivity index (χ0) is 22.3. The maximum atomic E-state index is 10.5. The third kappa shape index (κ3) is 8.52. The van der Waals surface area contributed by atoms with Crippen molar-refractivity contribution in [3.05, 3.63) is 29.3 Å². The summed E-state index contributed by atoms with van der Waals surface area (Å²) in [5.74, 6) is 0.869. The van der Waals surface area contributed by atoms with Crippen molar-refractivity contribution in [2.45, 2.75) is 65.3 Å².